The number of aromatic nitrogens is 2. The van der Waals surface area contributed by atoms with Crippen LogP contribution in [0.1, 0.15) is 39.6 Å². The third-order valence-electron chi connectivity index (χ3n) is 2.94. The highest BCUT2D eigenvalue weighted by Gasteiger charge is 2.20. The first kappa shape index (κ1) is 14.5. The van der Waals surface area contributed by atoms with E-state index in [2.05, 4.69) is 9.97 Å². The molecule has 0 bridgehead atoms. The van der Waals surface area contributed by atoms with Crippen molar-refractivity contribution in [2.24, 2.45) is 0 Å². The molecule has 104 valence electrons. The number of carboxylic acid groups (broad SMARTS) is 1. The van der Waals surface area contributed by atoms with E-state index in [1.807, 2.05) is 37.3 Å². The molecule has 1 atom stereocenters. The first-order valence-corrected chi connectivity index (χ1v) is 7.17. The summed E-state index contributed by atoms with van der Waals surface area (Å²) < 4.78 is 0. The molecule has 1 N–H and O–H groups in total. The lowest BCUT2D eigenvalue weighted by Crippen LogP contribution is -2.08. The van der Waals surface area contributed by atoms with E-state index in [0.717, 1.165) is 5.56 Å². The van der Waals surface area contributed by atoms with Gasteiger partial charge in [-0.1, -0.05) is 42.1 Å². The number of nitrogens with zero attached hydrogens (tertiary/aromatic N) is 2. The van der Waals surface area contributed by atoms with Gasteiger partial charge in [0.2, 0.25) is 0 Å². The molecule has 0 amide bonds. The molecule has 20 heavy (non-hydrogen) atoms. The van der Waals surface area contributed by atoms with E-state index in [1.165, 1.54) is 11.8 Å². The van der Waals surface area contributed by atoms with Crippen LogP contribution in [-0.2, 0) is 0 Å². The highest BCUT2D eigenvalue weighted by Crippen LogP contribution is 2.35. The fraction of sp³-hybridized carbons (Fsp3) is 0.267. The van der Waals surface area contributed by atoms with E-state index in [9.17, 15) is 9.90 Å². The van der Waals surface area contributed by atoms with E-state index >= 15 is 0 Å². The number of thioether (sulfide) groups is 1. The Labute approximate surface area is 122 Å². The van der Waals surface area contributed by atoms with Crippen LogP contribution in [0.5, 0.6) is 0 Å². The van der Waals surface area contributed by atoms with Crippen molar-refractivity contribution in [3.05, 3.63) is 53.0 Å². The maximum Gasteiger partial charge on any atom is 0.340 e. The van der Waals surface area contributed by atoms with Crippen LogP contribution in [0.2, 0.25) is 0 Å². The number of aromatic carboxylic acids is 1. The van der Waals surface area contributed by atoms with Crippen LogP contribution in [0.3, 0.4) is 0 Å². The summed E-state index contributed by atoms with van der Waals surface area (Å²) in [6, 6.07) is 9.96. The third kappa shape index (κ3) is 3.17. The normalized spacial score (nSPS) is 12.2. The summed E-state index contributed by atoms with van der Waals surface area (Å²) in [6.07, 6.45) is 0. The Morgan fingerprint density at radius 2 is 1.85 bits per heavy atom. The molecule has 0 aliphatic heterocycles. The number of carbonyl (C=O) groups is 1. The molecule has 0 spiro atoms. The fourth-order valence-corrected chi connectivity index (χ4v) is 3.14. The van der Waals surface area contributed by atoms with E-state index in [-0.39, 0.29) is 10.8 Å². The number of aryl methyl sites for hydroxylation is 2. The second-order valence-corrected chi connectivity index (χ2v) is 5.84. The average Bonchev–Trinajstić information content (AvgIpc) is 2.38. The monoisotopic (exact) mass is 288 g/mol. The average molecular weight is 288 g/mol. The van der Waals surface area contributed by atoms with E-state index in [4.69, 9.17) is 0 Å². The lowest BCUT2D eigenvalue weighted by molar-refractivity contribution is 0.0690. The Bertz CT molecular complexity index is 629. The van der Waals surface area contributed by atoms with Crippen LogP contribution in [-0.4, -0.2) is 21.0 Å². The zero-order valence-electron chi connectivity index (χ0n) is 11.6. The van der Waals surface area contributed by atoms with Crippen LogP contribution in [0.25, 0.3) is 0 Å². The zero-order chi connectivity index (χ0) is 14.7. The molecule has 1 aromatic carbocycles. The van der Waals surface area contributed by atoms with Crippen molar-refractivity contribution in [2.75, 3.05) is 0 Å². The number of rotatable bonds is 4. The number of hydrogen-bond acceptors (Lipinski definition) is 4. The van der Waals surface area contributed by atoms with Gasteiger partial charge in [0.05, 0.1) is 5.69 Å². The molecule has 5 heteroatoms. The largest absolute Gasteiger partial charge is 0.478 e. The second kappa shape index (κ2) is 6.05. The predicted octanol–water partition coefficient (Wildman–Crippen LogP) is 3.64. The molecular formula is C15H16N2O2S. The molecule has 4 nitrogen and oxygen atoms in total. The topological polar surface area (TPSA) is 63.1 Å². The van der Waals surface area contributed by atoms with Gasteiger partial charge < -0.3 is 5.11 Å². The maximum atomic E-state index is 11.4. The minimum absolute atomic E-state index is 0.128. The summed E-state index contributed by atoms with van der Waals surface area (Å²) in [5.74, 6) is -0.388. The van der Waals surface area contributed by atoms with Crippen LogP contribution < -0.4 is 0 Å². The lowest BCUT2D eigenvalue weighted by Gasteiger charge is -2.14. The Kier molecular flexibility index (Phi) is 4.39. The van der Waals surface area contributed by atoms with Crippen LogP contribution >= 0.6 is 11.8 Å². The summed E-state index contributed by atoms with van der Waals surface area (Å²) >= 11 is 1.45. The molecule has 0 fully saturated rings. The fourth-order valence-electron chi connectivity index (χ4n) is 1.97. The highest BCUT2D eigenvalue weighted by atomic mass is 32.2. The van der Waals surface area contributed by atoms with Gasteiger partial charge in [-0.05, 0) is 26.3 Å². The molecule has 1 unspecified atom stereocenters. The summed E-state index contributed by atoms with van der Waals surface area (Å²) in [4.78, 5) is 19.8. The van der Waals surface area contributed by atoms with Gasteiger partial charge in [0, 0.05) is 5.25 Å². The smallest absolute Gasteiger partial charge is 0.340 e. The van der Waals surface area contributed by atoms with Gasteiger partial charge in [-0.15, -0.1) is 0 Å². The number of carboxylic acids is 1. The minimum atomic E-state index is -0.981. The highest BCUT2D eigenvalue weighted by molar-refractivity contribution is 7.99. The molecule has 0 saturated heterocycles. The number of benzene rings is 1. The van der Waals surface area contributed by atoms with Crippen molar-refractivity contribution in [1.82, 2.24) is 9.97 Å². The summed E-state index contributed by atoms with van der Waals surface area (Å²) in [7, 11) is 0. The van der Waals surface area contributed by atoms with E-state index in [1.54, 1.807) is 13.8 Å². The second-order valence-electron chi connectivity index (χ2n) is 4.51. The Morgan fingerprint density at radius 3 is 2.45 bits per heavy atom. The maximum absolute atomic E-state index is 11.4. The van der Waals surface area contributed by atoms with Crippen LogP contribution in [0.4, 0.5) is 0 Å². The van der Waals surface area contributed by atoms with Gasteiger partial charge in [0.15, 0.2) is 0 Å². The van der Waals surface area contributed by atoms with Gasteiger partial charge in [0.1, 0.15) is 16.4 Å². The van der Waals surface area contributed by atoms with Gasteiger partial charge >= 0.3 is 5.97 Å². The molecule has 0 aliphatic rings. The first-order valence-electron chi connectivity index (χ1n) is 6.29. The molecule has 2 aromatic rings. The SMILES string of the molecule is Cc1nc(C)c(C(=O)O)c(SC(C)c2ccccc2)n1. The van der Waals surface area contributed by atoms with Gasteiger partial charge in [0.25, 0.3) is 0 Å². The van der Waals surface area contributed by atoms with E-state index < -0.39 is 5.97 Å². The Balaban J connectivity index is 2.36. The molecular weight excluding hydrogens is 272 g/mol. The van der Waals surface area contributed by atoms with Crippen molar-refractivity contribution in [3.63, 3.8) is 0 Å². The molecule has 1 heterocycles. The zero-order valence-corrected chi connectivity index (χ0v) is 12.4. The van der Waals surface area contributed by atoms with Gasteiger partial charge in [-0.25, -0.2) is 14.8 Å². The molecule has 1 aromatic heterocycles. The number of hydrogen-bond donors (Lipinski definition) is 1. The van der Waals surface area contributed by atoms with Crippen LogP contribution in [0.15, 0.2) is 35.4 Å². The van der Waals surface area contributed by atoms with Gasteiger partial charge in [-0.3, -0.25) is 0 Å². The Hall–Kier alpha value is -1.88. The first-order chi connectivity index (χ1) is 9.49. The summed E-state index contributed by atoms with van der Waals surface area (Å²) in [5.41, 5.74) is 1.85. The van der Waals surface area contributed by atoms with Crippen molar-refractivity contribution >= 4 is 17.7 Å². The van der Waals surface area contributed by atoms with Crippen molar-refractivity contribution < 1.29 is 9.90 Å². The Morgan fingerprint density at radius 1 is 1.20 bits per heavy atom. The van der Waals surface area contributed by atoms with Crippen LogP contribution in [0, 0.1) is 13.8 Å². The molecule has 0 aliphatic carbocycles. The minimum Gasteiger partial charge on any atom is -0.478 e. The van der Waals surface area contributed by atoms with E-state index in [0.29, 0.717) is 16.5 Å². The summed E-state index contributed by atoms with van der Waals surface area (Å²) in [6.45, 7) is 5.52. The summed E-state index contributed by atoms with van der Waals surface area (Å²) in [5, 5.41) is 9.98. The molecule has 0 saturated carbocycles. The van der Waals surface area contributed by atoms with Crippen molar-refractivity contribution in [3.8, 4) is 0 Å². The van der Waals surface area contributed by atoms with Crippen molar-refractivity contribution in [1.29, 1.82) is 0 Å². The van der Waals surface area contributed by atoms with Crippen molar-refractivity contribution in [2.45, 2.75) is 31.0 Å². The standard InChI is InChI=1S/C15H16N2O2S/c1-9-13(15(18)19)14(17-11(3)16-9)20-10(2)12-7-5-4-6-8-12/h4-8,10H,1-3H3,(H,18,19). The molecule has 2 rings (SSSR count). The third-order valence-corrected chi connectivity index (χ3v) is 4.08. The molecule has 0 radical (unpaired) electrons. The quantitative estimate of drug-likeness (QED) is 0.687. The van der Waals surface area contributed by atoms with Gasteiger partial charge in [-0.2, -0.15) is 0 Å². The predicted molar refractivity (Wildman–Crippen MR) is 79.2 cm³/mol. The lowest BCUT2D eigenvalue weighted by atomic mass is 10.2.